The maximum absolute atomic E-state index is 2.36. The van der Waals surface area contributed by atoms with Gasteiger partial charge in [-0.3, -0.25) is 0 Å². The second-order valence-electron chi connectivity index (χ2n) is 4.97. The fraction of sp³-hybridized carbons (Fsp3) is 0.333. The summed E-state index contributed by atoms with van der Waals surface area (Å²) in [7, 11) is 0. The summed E-state index contributed by atoms with van der Waals surface area (Å²) in [5.41, 5.74) is 5.53. The van der Waals surface area contributed by atoms with Crippen molar-refractivity contribution in [3.05, 3.63) is 59.7 Å². The standard InChI is InChI=1S/C18H22/c1-3-4-6-9-16-13-12-15(2)18(14-16)17-10-7-5-8-11-17/h5,7-8,10-14H,3-4,6,9H2,1-2H3. The molecule has 2 rings (SSSR count). The van der Waals surface area contributed by atoms with Crippen LogP contribution < -0.4 is 0 Å². The molecule has 0 bridgehead atoms. The lowest BCUT2D eigenvalue weighted by atomic mass is 9.96. The number of hydrogen-bond donors (Lipinski definition) is 0. The SMILES string of the molecule is CCCCCc1ccc(C)c(-c2ccccc2)c1. The normalized spacial score (nSPS) is 10.6. The molecule has 0 saturated carbocycles. The zero-order chi connectivity index (χ0) is 12.8. The van der Waals surface area contributed by atoms with E-state index in [1.54, 1.807) is 0 Å². The first-order chi connectivity index (χ1) is 8.81. The molecule has 0 unspecified atom stereocenters. The molecule has 0 aliphatic heterocycles. The minimum atomic E-state index is 1.20. The number of benzene rings is 2. The van der Waals surface area contributed by atoms with Gasteiger partial charge in [0.15, 0.2) is 0 Å². The highest BCUT2D eigenvalue weighted by Gasteiger charge is 2.03. The quantitative estimate of drug-likeness (QED) is 0.612. The maximum atomic E-state index is 2.36. The average Bonchev–Trinajstić information content (AvgIpc) is 2.42. The topological polar surface area (TPSA) is 0 Å². The highest BCUT2D eigenvalue weighted by molar-refractivity contribution is 5.67. The first-order valence-electron chi connectivity index (χ1n) is 6.96. The highest BCUT2D eigenvalue weighted by atomic mass is 14.1. The maximum Gasteiger partial charge on any atom is -0.0152 e. The summed E-state index contributed by atoms with van der Waals surface area (Å²) in [5, 5.41) is 0. The Hall–Kier alpha value is -1.56. The monoisotopic (exact) mass is 238 g/mol. The van der Waals surface area contributed by atoms with Crippen LogP contribution >= 0.6 is 0 Å². The third kappa shape index (κ3) is 3.22. The molecule has 0 radical (unpaired) electrons. The van der Waals surface area contributed by atoms with Crippen LogP contribution in [0.2, 0.25) is 0 Å². The molecule has 94 valence electrons. The van der Waals surface area contributed by atoms with Crippen LogP contribution in [0.5, 0.6) is 0 Å². The minimum absolute atomic E-state index is 1.20. The predicted molar refractivity (Wildman–Crippen MR) is 79.8 cm³/mol. The van der Waals surface area contributed by atoms with Crippen molar-refractivity contribution in [2.24, 2.45) is 0 Å². The van der Waals surface area contributed by atoms with Crippen LogP contribution in [-0.2, 0) is 6.42 Å². The zero-order valence-electron chi connectivity index (χ0n) is 11.4. The second kappa shape index (κ2) is 6.39. The van der Waals surface area contributed by atoms with Crippen molar-refractivity contribution in [1.29, 1.82) is 0 Å². The molecule has 0 atom stereocenters. The first kappa shape index (κ1) is 12.9. The largest absolute Gasteiger partial charge is 0.0654 e. The van der Waals surface area contributed by atoms with Crippen LogP contribution in [0.3, 0.4) is 0 Å². The summed E-state index contributed by atoms with van der Waals surface area (Å²) < 4.78 is 0. The van der Waals surface area contributed by atoms with Crippen molar-refractivity contribution in [3.8, 4) is 11.1 Å². The van der Waals surface area contributed by atoms with Gasteiger partial charge in [-0.2, -0.15) is 0 Å². The van der Waals surface area contributed by atoms with E-state index in [2.05, 4.69) is 62.4 Å². The average molecular weight is 238 g/mol. The Bertz CT molecular complexity index is 483. The van der Waals surface area contributed by atoms with Gasteiger partial charge in [-0.15, -0.1) is 0 Å². The van der Waals surface area contributed by atoms with Crippen molar-refractivity contribution < 1.29 is 0 Å². The molecule has 0 amide bonds. The zero-order valence-corrected chi connectivity index (χ0v) is 11.4. The van der Waals surface area contributed by atoms with Crippen molar-refractivity contribution in [3.63, 3.8) is 0 Å². The molecule has 0 nitrogen and oxygen atoms in total. The summed E-state index contributed by atoms with van der Waals surface area (Å²) in [6.45, 7) is 4.45. The smallest absolute Gasteiger partial charge is 0.0152 e. The molecule has 2 aromatic carbocycles. The fourth-order valence-corrected chi connectivity index (χ4v) is 2.33. The molecular weight excluding hydrogens is 216 g/mol. The van der Waals surface area contributed by atoms with Crippen LogP contribution in [0, 0.1) is 6.92 Å². The molecule has 0 spiro atoms. The summed E-state index contributed by atoms with van der Waals surface area (Å²) in [6, 6.07) is 17.6. The van der Waals surface area contributed by atoms with Crippen LogP contribution in [0.15, 0.2) is 48.5 Å². The van der Waals surface area contributed by atoms with Crippen molar-refractivity contribution in [2.75, 3.05) is 0 Å². The molecule has 0 aromatic heterocycles. The molecule has 2 aromatic rings. The van der Waals surface area contributed by atoms with E-state index in [0.29, 0.717) is 0 Å². The van der Waals surface area contributed by atoms with Gasteiger partial charge in [-0.25, -0.2) is 0 Å². The number of rotatable bonds is 5. The summed E-state index contributed by atoms with van der Waals surface area (Å²) in [4.78, 5) is 0. The van der Waals surface area contributed by atoms with Gasteiger partial charge in [0.25, 0.3) is 0 Å². The Morgan fingerprint density at radius 1 is 0.889 bits per heavy atom. The molecular formula is C18H22. The highest BCUT2D eigenvalue weighted by Crippen LogP contribution is 2.25. The third-order valence-corrected chi connectivity index (χ3v) is 3.46. The van der Waals surface area contributed by atoms with E-state index in [1.165, 1.54) is 47.9 Å². The predicted octanol–water partition coefficient (Wildman–Crippen LogP) is 5.39. The van der Waals surface area contributed by atoms with Crippen LogP contribution in [0.4, 0.5) is 0 Å². The lowest BCUT2D eigenvalue weighted by Gasteiger charge is -2.09. The number of hydrogen-bond acceptors (Lipinski definition) is 0. The van der Waals surface area contributed by atoms with Gasteiger partial charge in [0, 0.05) is 0 Å². The Labute approximate surface area is 111 Å². The first-order valence-corrected chi connectivity index (χ1v) is 6.96. The van der Waals surface area contributed by atoms with E-state index in [0.717, 1.165) is 0 Å². The Morgan fingerprint density at radius 2 is 1.67 bits per heavy atom. The summed E-state index contributed by atoms with van der Waals surface area (Å²) in [5.74, 6) is 0. The minimum Gasteiger partial charge on any atom is -0.0654 e. The van der Waals surface area contributed by atoms with Gasteiger partial charge >= 0.3 is 0 Å². The molecule has 0 heterocycles. The lowest BCUT2D eigenvalue weighted by Crippen LogP contribution is -1.89. The summed E-state index contributed by atoms with van der Waals surface area (Å²) in [6.07, 6.45) is 5.12. The van der Waals surface area contributed by atoms with Gasteiger partial charge in [0.2, 0.25) is 0 Å². The molecule has 0 saturated heterocycles. The van der Waals surface area contributed by atoms with E-state index in [4.69, 9.17) is 0 Å². The molecule has 18 heavy (non-hydrogen) atoms. The summed E-state index contributed by atoms with van der Waals surface area (Å²) >= 11 is 0. The number of unbranched alkanes of at least 4 members (excludes halogenated alkanes) is 2. The molecule has 0 N–H and O–H groups in total. The molecule has 0 aliphatic carbocycles. The van der Waals surface area contributed by atoms with Crippen molar-refractivity contribution in [2.45, 2.75) is 39.5 Å². The van der Waals surface area contributed by atoms with E-state index in [1.807, 2.05) is 0 Å². The molecule has 0 heteroatoms. The van der Waals surface area contributed by atoms with Crippen LogP contribution in [0.25, 0.3) is 11.1 Å². The second-order valence-corrected chi connectivity index (χ2v) is 4.97. The lowest BCUT2D eigenvalue weighted by molar-refractivity contribution is 0.717. The van der Waals surface area contributed by atoms with Crippen molar-refractivity contribution >= 4 is 0 Å². The van der Waals surface area contributed by atoms with E-state index < -0.39 is 0 Å². The van der Waals surface area contributed by atoms with E-state index in [-0.39, 0.29) is 0 Å². The molecule has 0 aliphatic rings. The third-order valence-electron chi connectivity index (χ3n) is 3.46. The van der Waals surface area contributed by atoms with Gasteiger partial charge in [-0.1, -0.05) is 68.3 Å². The Kier molecular flexibility index (Phi) is 4.58. The Morgan fingerprint density at radius 3 is 2.39 bits per heavy atom. The van der Waals surface area contributed by atoms with Gasteiger partial charge < -0.3 is 0 Å². The van der Waals surface area contributed by atoms with Gasteiger partial charge in [0.05, 0.1) is 0 Å². The van der Waals surface area contributed by atoms with Crippen LogP contribution in [-0.4, -0.2) is 0 Å². The molecule has 0 fully saturated rings. The fourth-order valence-electron chi connectivity index (χ4n) is 2.33. The van der Waals surface area contributed by atoms with Gasteiger partial charge in [0.1, 0.15) is 0 Å². The van der Waals surface area contributed by atoms with Crippen LogP contribution in [0.1, 0.15) is 37.3 Å². The number of aryl methyl sites for hydroxylation is 2. The Balaban J connectivity index is 2.22. The van der Waals surface area contributed by atoms with Gasteiger partial charge in [-0.05, 0) is 42.0 Å². The van der Waals surface area contributed by atoms with E-state index >= 15 is 0 Å². The van der Waals surface area contributed by atoms with Crippen molar-refractivity contribution in [1.82, 2.24) is 0 Å². The van der Waals surface area contributed by atoms with E-state index in [9.17, 15) is 0 Å².